The first-order valence-electron chi connectivity index (χ1n) is 11.0. The van der Waals surface area contributed by atoms with Crippen molar-refractivity contribution >= 4 is 46.6 Å². The van der Waals surface area contributed by atoms with Gasteiger partial charge in [-0.1, -0.05) is 11.6 Å². The van der Waals surface area contributed by atoms with Crippen LogP contribution in [0.5, 0.6) is 0 Å². The Balaban J connectivity index is 1.46. The molecule has 0 aliphatic carbocycles. The third-order valence-electron chi connectivity index (χ3n) is 5.97. The molecule has 0 unspecified atom stereocenters. The molecule has 2 aliphatic heterocycles. The van der Waals surface area contributed by atoms with Crippen LogP contribution in [0.4, 0.5) is 26.4 Å². The summed E-state index contributed by atoms with van der Waals surface area (Å²) in [7, 11) is 1.50. The van der Waals surface area contributed by atoms with Crippen molar-refractivity contribution in [2.75, 3.05) is 35.7 Å². The molecule has 34 heavy (non-hydrogen) atoms. The lowest BCUT2D eigenvalue weighted by atomic mass is 10.1. The molecule has 1 aromatic carbocycles. The van der Waals surface area contributed by atoms with E-state index >= 15 is 0 Å². The summed E-state index contributed by atoms with van der Waals surface area (Å²) in [5, 5.41) is 5.63. The second-order valence-corrected chi connectivity index (χ2v) is 8.65. The highest BCUT2D eigenvalue weighted by atomic mass is 35.5. The van der Waals surface area contributed by atoms with E-state index in [1.54, 1.807) is 23.1 Å². The number of piperidine rings is 1. The maximum absolute atomic E-state index is 14.8. The smallest absolute Gasteiger partial charge is 0.323 e. The van der Waals surface area contributed by atoms with E-state index in [9.17, 15) is 18.8 Å². The van der Waals surface area contributed by atoms with Crippen LogP contribution in [0.2, 0.25) is 5.02 Å². The van der Waals surface area contributed by atoms with Crippen molar-refractivity contribution in [1.29, 1.82) is 0 Å². The number of carbonyl (C=O) groups excluding carboxylic acids is 3. The summed E-state index contributed by atoms with van der Waals surface area (Å²) in [5.74, 6) is -0.967. The molecule has 2 saturated heterocycles. The third kappa shape index (κ3) is 5.28. The van der Waals surface area contributed by atoms with Gasteiger partial charge in [0.15, 0.2) is 0 Å². The highest BCUT2D eigenvalue weighted by molar-refractivity contribution is 6.30. The van der Waals surface area contributed by atoms with Crippen LogP contribution in [0.15, 0.2) is 36.5 Å². The number of ether oxygens (including phenoxy) is 1. The largest absolute Gasteiger partial charge is 0.380 e. The van der Waals surface area contributed by atoms with Crippen LogP contribution in [0, 0.1) is 5.82 Å². The predicted octanol–water partition coefficient (Wildman–Crippen LogP) is 3.65. The highest BCUT2D eigenvalue weighted by Gasteiger charge is 2.40. The van der Waals surface area contributed by atoms with E-state index in [2.05, 4.69) is 15.6 Å². The molecule has 0 bridgehead atoms. The second-order valence-electron chi connectivity index (χ2n) is 8.21. The van der Waals surface area contributed by atoms with Gasteiger partial charge in [0.1, 0.15) is 17.7 Å². The van der Waals surface area contributed by atoms with Crippen molar-refractivity contribution in [2.24, 2.45) is 0 Å². The Morgan fingerprint density at radius 3 is 2.71 bits per heavy atom. The van der Waals surface area contributed by atoms with Crippen LogP contribution >= 0.6 is 11.6 Å². The normalized spacial score (nSPS) is 20.4. The van der Waals surface area contributed by atoms with Crippen LogP contribution in [-0.4, -0.2) is 60.1 Å². The molecule has 0 spiro atoms. The molecule has 1 aromatic heterocycles. The number of amides is 4. The number of nitrogens with zero attached hydrogens (tertiary/aromatic N) is 3. The molecule has 2 atom stereocenters. The maximum atomic E-state index is 14.8. The van der Waals surface area contributed by atoms with E-state index in [4.69, 9.17) is 16.3 Å². The van der Waals surface area contributed by atoms with E-state index in [0.29, 0.717) is 23.7 Å². The number of rotatable bonds is 5. The van der Waals surface area contributed by atoms with Crippen LogP contribution < -0.4 is 15.5 Å². The molecule has 2 fully saturated rings. The maximum Gasteiger partial charge on any atom is 0.323 e. The Labute approximate surface area is 201 Å². The molecule has 9 nitrogen and oxygen atoms in total. The summed E-state index contributed by atoms with van der Waals surface area (Å²) in [5.41, 5.74) is 0.427. The fourth-order valence-electron chi connectivity index (χ4n) is 4.14. The predicted molar refractivity (Wildman–Crippen MR) is 125 cm³/mol. The molecular formula is C23H25ClFN5O4. The number of methoxy groups -OCH3 is 1. The summed E-state index contributed by atoms with van der Waals surface area (Å²) in [6, 6.07) is 5.99. The van der Waals surface area contributed by atoms with E-state index < -0.39 is 23.8 Å². The third-order valence-corrected chi connectivity index (χ3v) is 6.19. The van der Waals surface area contributed by atoms with Gasteiger partial charge in [0.25, 0.3) is 0 Å². The van der Waals surface area contributed by atoms with Gasteiger partial charge in [-0.15, -0.1) is 0 Å². The quantitative estimate of drug-likeness (QED) is 0.667. The zero-order chi connectivity index (χ0) is 24.2. The molecule has 2 N–H and O–H groups in total. The van der Waals surface area contributed by atoms with Gasteiger partial charge >= 0.3 is 6.03 Å². The zero-order valence-electron chi connectivity index (χ0n) is 18.6. The van der Waals surface area contributed by atoms with Gasteiger partial charge in [0.05, 0.1) is 16.8 Å². The second kappa shape index (κ2) is 10.4. The number of urea groups is 1. The van der Waals surface area contributed by atoms with E-state index in [1.807, 2.05) is 0 Å². The molecule has 3 heterocycles. The zero-order valence-corrected chi connectivity index (χ0v) is 19.3. The van der Waals surface area contributed by atoms with Crippen LogP contribution in [0.25, 0.3) is 0 Å². The first kappa shape index (κ1) is 23.9. The van der Waals surface area contributed by atoms with Gasteiger partial charge in [0.2, 0.25) is 11.8 Å². The van der Waals surface area contributed by atoms with E-state index in [1.165, 1.54) is 30.3 Å². The van der Waals surface area contributed by atoms with Gasteiger partial charge in [-0.25, -0.2) is 14.2 Å². The van der Waals surface area contributed by atoms with Crippen molar-refractivity contribution in [2.45, 2.75) is 37.8 Å². The molecule has 4 rings (SSSR count). The average Bonchev–Trinajstić information content (AvgIpc) is 3.27. The van der Waals surface area contributed by atoms with Crippen molar-refractivity contribution < 1.29 is 23.5 Å². The minimum atomic E-state index is -0.875. The highest BCUT2D eigenvalue weighted by Crippen LogP contribution is 2.27. The standard InChI is InChI=1S/C23H25ClFN5O4/c1-34-16-11-19(30(13-16)23(33)28-20-8-5-14(24)12-26-20)22(32)27-18-7-6-15(10-17(18)25)29-9-3-2-4-21(29)31/h5-8,10,12,16,19H,2-4,9,11,13H2,1H3,(H,27,32)(H,26,28,33)/t16-,19-/m1/s1. The fraction of sp³-hybridized carbons (Fsp3) is 0.391. The number of hydrogen-bond acceptors (Lipinski definition) is 5. The van der Waals surface area contributed by atoms with Gasteiger partial charge in [-0.3, -0.25) is 14.9 Å². The lowest BCUT2D eigenvalue weighted by Crippen LogP contribution is -2.45. The van der Waals surface area contributed by atoms with Crippen molar-refractivity contribution in [3.8, 4) is 0 Å². The first-order chi connectivity index (χ1) is 16.4. The summed E-state index contributed by atoms with van der Waals surface area (Å²) in [6.45, 7) is 0.726. The Bertz CT molecular complexity index is 1080. The summed E-state index contributed by atoms with van der Waals surface area (Å²) >= 11 is 5.82. The Morgan fingerprint density at radius 2 is 2.03 bits per heavy atom. The Hall–Kier alpha value is -3.24. The summed E-state index contributed by atoms with van der Waals surface area (Å²) in [6.07, 6.45) is 3.42. The number of aromatic nitrogens is 1. The molecule has 11 heteroatoms. The van der Waals surface area contributed by atoms with Gasteiger partial charge in [-0.05, 0) is 43.2 Å². The van der Waals surface area contributed by atoms with Crippen molar-refractivity contribution in [3.63, 3.8) is 0 Å². The number of benzene rings is 1. The topological polar surface area (TPSA) is 104 Å². The number of anilines is 3. The van der Waals surface area contributed by atoms with Gasteiger partial charge < -0.3 is 19.9 Å². The molecule has 4 amide bonds. The average molecular weight is 490 g/mol. The number of nitrogens with one attached hydrogen (secondary N) is 2. The monoisotopic (exact) mass is 489 g/mol. The number of carbonyl (C=O) groups is 3. The minimum Gasteiger partial charge on any atom is -0.380 e. The summed E-state index contributed by atoms with van der Waals surface area (Å²) in [4.78, 5) is 44.9. The van der Waals surface area contributed by atoms with E-state index in [0.717, 1.165) is 12.8 Å². The molecule has 2 aliphatic rings. The van der Waals surface area contributed by atoms with Crippen molar-refractivity contribution in [3.05, 3.63) is 47.4 Å². The van der Waals surface area contributed by atoms with E-state index in [-0.39, 0.29) is 36.5 Å². The van der Waals surface area contributed by atoms with Gasteiger partial charge in [-0.2, -0.15) is 0 Å². The number of pyridine rings is 1. The molecular weight excluding hydrogens is 465 g/mol. The van der Waals surface area contributed by atoms with Crippen LogP contribution in [-0.2, 0) is 14.3 Å². The molecule has 180 valence electrons. The fourth-order valence-corrected chi connectivity index (χ4v) is 4.25. The minimum absolute atomic E-state index is 0.0289. The number of halogens is 2. The van der Waals surface area contributed by atoms with Crippen LogP contribution in [0.3, 0.4) is 0 Å². The van der Waals surface area contributed by atoms with Crippen LogP contribution in [0.1, 0.15) is 25.7 Å². The summed E-state index contributed by atoms with van der Waals surface area (Å²) < 4.78 is 20.2. The SMILES string of the molecule is CO[C@@H]1C[C@H](C(=O)Nc2ccc(N3CCCCC3=O)cc2F)N(C(=O)Nc2ccc(Cl)cn2)C1. The van der Waals surface area contributed by atoms with Crippen molar-refractivity contribution in [1.82, 2.24) is 9.88 Å². The Kier molecular flexibility index (Phi) is 7.28. The van der Waals surface area contributed by atoms with Gasteiger partial charge in [0, 0.05) is 44.9 Å². The Morgan fingerprint density at radius 1 is 1.21 bits per heavy atom. The molecule has 2 aromatic rings. The lowest BCUT2D eigenvalue weighted by molar-refractivity contribution is -0.120. The number of likely N-dealkylation sites (tertiary alicyclic amines) is 1. The lowest BCUT2D eigenvalue weighted by Gasteiger charge is -2.27. The molecule has 0 saturated carbocycles. The molecule has 0 radical (unpaired) electrons. The number of hydrogen-bond donors (Lipinski definition) is 2. The first-order valence-corrected chi connectivity index (χ1v) is 11.4.